The van der Waals surface area contributed by atoms with Crippen molar-refractivity contribution in [3.8, 4) is 0 Å². The fourth-order valence-electron chi connectivity index (χ4n) is 3.36. The van der Waals surface area contributed by atoms with E-state index in [1.165, 1.54) is 11.2 Å². The summed E-state index contributed by atoms with van der Waals surface area (Å²) in [6.07, 6.45) is 5.72. The number of nitrogens with zero attached hydrogens (tertiary/aromatic N) is 4. The number of hydrogen-bond acceptors (Lipinski definition) is 6. The first kappa shape index (κ1) is 19.3. The van der Waals surface area contributed by atoms with Crippen LogP contribution in [0, 0.1) is 0 Å². The number of aromatic nitrogens is 4. The van der Waals surface area contributed by atoms with Crippen LogP contribution in [0.4, 0.5) is 5.82 Å². The summed E-state index contributed by atoms with van der Waals surface area (Å²) in [6.45, 7) is 0. The second kappa shape index (κ2) is 8.61. The van der Waals surface area contributed by atoms with E-state index in [1.54, 1.807) is 30.2 Å². The fourth-order valence-corrected chi connectivity index (χ4v) is 4.21. The molecule has 0 aliphatic carbocycles. The Balaban J connectivity index is 1.29. The summed E-state index contributed by atoms with van der Waals surface area (Å²) in [5.74, 6) is 1.84. The first-order valence-electron chi connectivity index (χ1n) is 9.85. The topological polar surface area (TPSA) is 81.9 Å². The largest absolute Gasteiger partial charge is 0.474 e. The summed E-state index contributed by atoms with van der Waals surface area (Å²) in [5.41, 5.74) is 1.70. The number of carbonyl (C=O) groups excluding carboxylic acids is 1. The lowest BCUT2D eigenvalue weighted by Crippen LogP contribution is -2.13. The van der Waals surface area contributed by atoms with E-state index in [4.69, 9.17) is 4.74 Å². The average molecular weight is 430 g/mol. The molecule has 7 nitrogen and oxygen atoms in total. The van der Waals surface area contributed by atoms with Gasteiger partial charge < -0.3 is 10.1 Å². The van der Waals surface area contributed by atoms with Crippen molar-refractivity contribution in [3.05, 3.63) is 90.7 Å². The molecule has 154 valence electrons. The van der Waals surface area contributed by atoms with Gasteiger partial charge in [0.05, 0.1) is 5.75 Å². The van der Waals surface area contributed by atoms with Crippen molar-refractivity contribution in [1.29, 1.82) is 0 Å². The van der Waals surface area contributed by atoms with Gasteiger partial charge in [0.1, 0.15) is 18.4 Å². The molecular formula is C23H19N5O2S. The monoisotopic (exact) mass is 429 g/mol. The number of anilines is 1. The molecule has 0 saturated heterocycles. The highest BCUT2D eigenvalue weighted by Crippen LogP contribution is 2.32. The first-order valence-corrected chi connectivity index (χ1v) is 10.8. The van der Waals surface area contributed by atoms with Crippen molar-refractivity contribution in [2.45, 2.75) is 17.5 Å². The third kappa shape index (κ3) is 4.15. The van der Waals surface area contributed by atoms with Crippen LogP contribution in [0.5, 0.6) is 0 Å². The van der Waals surface area contributed by atoms with Crippen LogP contribution < -0.4 is 5.32 Å². The molecule has 0 saturated carbocycles. The fraction of sp³-hybridized carbons (Fsp3) is 0.130. The normalized spacial score (nSPS) is 15.5. The molecule has 1 N–H and O–H groups in total. The average Bonchev–Trinajstić information content (AvgIpc) is 3.46. The first-order chi connectivity index (χ1) is 15.3. The number of carbonyl (C=O) groups is 1. The van der Waals surface area contributed by atoms with Crippen LogP contribution in [-0.2, 0) is 4.74 Å². The van der Waals surface area contributed by atoms with Crippen molar-refractivity contribution in [3.63, 3.8) is 0 Å². The minimum Gasteiger partial charge on any atom is -0.474 e. The van der Waals surface area contributed by atoms with Gasteiger partial charge in [0.25, 0.3) is 5.91 Å². The van der Waals surface area contributed by atoms with Crippen molar-refractivity contribution in [1.82, 2.24) is 19.5 Å². The third-order valence-electron chi connectivity index (χ3n) is 4.90. The van der Waals surface area contributed by atoms with Gasteiger partial charge in [-0.25, -0.2) is 15.0 Å². The van der Waals surface area contributed by atoms with Crippen LogP contribution in [0.15, 0.2) is 90.0 Å². The number of imidazole rings is 1. The number of rotatable bonds is 6. The zero-order valence-electron chi connectivity index (χ0n) is 16.5. The van der Waals surface area contributed by atoms with Gasteiger partial charge in [-0.3, -0.25) is 9.36 Å². The quantitative estimate of drug-likeness (QED) is 0.449. The maximum absolute atomic E-state index is 12.5. The summed E-state index contributed by atoms with van der Waals surface area (Å²) in [4.78, 5) is 26.7. The zero-order chi connectivity index (χ0) is 21.0. The second-order valence-electron chi connectivity index (χ2n) is 6.95. The van der Waals surface area contributed by atoms with Gasteiger partial charge in [-0.15, -0.1) is 11.8 Å². The predicted molar refractivity (Wildman–Crippen MR) is 120 cm³/mol. The van der Waals surface area contributed by atoms with Crippen LogP contribution in [0.1, 0.15) is 23.0 Å². The van der Waals surface area contributed by atoms with Crippen LogP contribution in [0.25, 0.3) is 11.2 Å². The van der Waals surface area contributed by atoms with Gasteiger partial charge in [0.2, 0.25) is 0 Å². The van der Waals surface area contributed by atoms with Crippen molar-refractivity contribution < 1.29 is 9.53 Å². The Bertz CT molecular complexity index is 1240. The van der Waals surface area contributed by atoms with E-state index in [0.29, 0.717) is 22.5 Å². The molecule has 8 heteroatoms. The number of hydrogen-bond donors (Lipinski definition) is 1. The zero-order valence-corrected chi connectivity index (χ0v) is 17.3. The molecule has 1 aliphatic heterocycles. The van der Waals surface area contributed by atoms with Gasteiger partial charge in [-0.2, -0.15) is 0 Å². The Labute approximate surface area is 183 Å². The van der Waals surface area contributed by atoms with E-state index < -0.39 is 0 Å². The lowest BCUT2D eigenvalue weighted by Gasteiger charge is -2.15. The summed E-state index contributed by atoms with van der Waals surface area (Å²) in [5, 5.41) is 2.83. The number of ether oxygens (including phenoxy) is 1. The van der Waals surface area contributed by atoms with E-state index >= 15 is 0 Å². The molecule has 2 aromatic carbocycles. The molecule has 2 aromatic heterocycles. The van der Waals surface area contributed by atoms with Crippen LogP contribution in [-0.4, -0.2) is 31.2 Å². The molecule has 0 fully saturated rings. The molecule has 0 radical (unpaired) electrons. The molecule has 31 heavy (non-hydrogen) atoms. The maximum atomic E-state index is 12.5. The Morgan fingerprint density at radius 3 is 2.65 bits per heavy atom. The number of nitrogens with one attached hydrogen (secondary N) is 1. The number of thioether (sulfide) groups is 1. The van der Waals surface area contributed by atoms with Gasteiger partial charge >= 0.3 is 0 Å². The van der Waals surface area contributed by atoms with Crippen molar-refractivity contribution >= 4 is 34.7 Å². The minimum absolute atomic E-state index is 0.219. The van der Waals surface area contributed by atoms with Gasteiger partial charge in [0.15, 0.2) is 23.2 Å². The highest BCUT2D eigenvalue weighted by Gasteiger charge is 2.23. The molecule has 4 aromatic rings. The summed E-state index contributed by atoms with van der Waals surface area (Å²) >= 11 is 1.74. The molecule has 1 amide bonds. The van der Waals surface area contributed by atoms with Gasteiger partial charge in [-0.1, -0.05) is 36.4 Å². The number of fused-ring (bicyclic) bond motifs is 1. The molecule has 1 atom stereocenters. The minimum atomic E-state index is -0.242. The Morgan fingerprint density at radius 2 is 1.84 bits per heavy atom. The van der Waals surface area contributed by atoms with E-state index in [9.17, 15) is 4.79 Å². The van der Waals surface area contributed by atoms with E-state index in [2.05, 4.69) is 38.5 Å². The molecule has 1 aliphatic rings. The second-order valence-corrected chi connectivity index (χ2v) is 8.00. The van der Waals surface area contributed by atoms with Gasteiger partial charge in [0, 0.05) is 16.9 Å². The Morgan fingerprint density at radius 1 is 1.06 bits per heavy atom. The smallest absolute Gasteiger partial charge is 0.256 e. The standard InChI is InChI=1S/C23H19N5O2S/c29-23(16-7-3-1-4-8-16)27-21-20-22(25-14-24-21)28(15-26-20)19-12-11-17(30-19)13-31-18-9-5-2-6-10-18/h1-11,14-15,19H,12-13H2,(H,24,25,27,29)/t19-/m1/s1. The Kier molecular flexibility index (Phi) is 5.37. The van der Waals surface area contributed by atoms with Crippen LogP contribution in [0.3, 0.4) is 0 Å². The highest BCUT2D eigenvalue weighted by atomic mass is 32.2. The van der Waals surface area contributed by atoms with Crippen LogP contribution >= 0.6 is 11.8 Å². The lowest BCUT2D eigenvalue weighted by molar-refractivity contribution is 0.0879. The summed E-state index contributed by atoms with van der Waals surface area (Å²) in [7, 11) is 0. The summed E-state index contributed by atoms with van der Waals surface area (Å²) < 4.78 is 8.02. The van der Waals surface area contributed by atoms with E-state index in [1.807, 2.05) is 41.0 Å². The highest BCUT2D eigenvalue weighted by molar-refractivity contribution is 7.99. The molecule has 5 rings (SSSR count). The molecule has 0 unspecified atom stereocenters. The number of amides is 1. The molecule has 3 heterocycles. The number of benzene rings is 2. The third-order valence-corrected chi connectivity index (χ3v) is 5.93. The molecular weight excluding hydrogens is 410 g/mol. The van der Waals surface area contributed by atoms with E-state index in [-0.39, 0.29) is 12.1 Å². The molecule has 0 bridgehead atoms. The van der Waals surface area contributed by atoms with Gasteiger partial charge in [-0.05, 0) is 30.3 Å². The SMILES string of the molecule is O=C(Nc1ncnc2c1ncn2[C@H]1CC=C(CSc2ccccc2)O1)c1ccccc1. The van der Waals surface area contributed by atoms with Crippen molar-refractivity contribution in [2.75, 3.05) is 11.1 Å². The lowest BCUT2D eigenvalue weighted by atomic mass is 10.2. The Hall–Kier alpha value is -3.65. The molecule has 0 spiro atoms. The van der Waals surface area contributed by atoms with Crippen molar-refractivity contribution in [2.24, 2.45) is 0 Å². The predicted octanol–water partition coefficient (Wildman–Crippen LogP) is 4.67. The maximum Gasteiger partial charge on any atom is 0.256 e. The summed E-state index contributed by atoms with van der Waals surface area (Å²) in [6, 6.07) is 19.2. The van der Waals surface area contributed by atoms with Crippen LogP contribution in [0.2, 0.25) is 0 Å². The van der Waals surface area contributed by atoms with E-state index in [0.717, 1.165) is 17.9 Å².